The number of nitrogens with zero attached hydrogens (tertiary/aromatic N) is 1. The van der Waals surface area contributed by atoms with Crippen molar-refractivity contribution in [2.24, 2.45) is 5.10 Å². The number of benzene rings is 2. The molecule has 114 valence electrons. The molecule has 2 aromatic carbocycles. The standard InChI is InChI=1S/C15H12Cl3N3O/c1-9(22)20-12-4-2-10(3-5-12)8-19-21-15-13(17)6-11(16)7-14(15)18/h2-8,21H,1H3,(H,20,22)/b19-8+. The second-order valence-corrected chi connectivity index (χ2v) is 5.67. The molecule has 0 bridgehead atoms. The number of hydrogen-bond acceptors (Lipinski definition) is 3. The molecule has 0 radical (unpaired) electrons. The Morgan fingerprint density at radius 3 is 2.23 bits per heavy atom. The summed E-state index contributed by atoms with van der Waals surface area (Å²) in [6.07, 6.45) is 1.61. The number of amides is 1. The summed E-state index contributed by atoms with van der Waals surface area (Å²) in [5.41, 5.74) is 4.84. The van der Waals surface area contributed by atoms with E-state index in [0.29, 0.717) is 20.8 Å². The number of halogens is 3. The minimum absolute atomic E-state index is 0.116. The van der Waals surface area contributed by atoms with Crippen LogP contribution in [0.1, 0.15) is 12.5 Å². The fourth-order valence-electron chi connectivity index (χ4n) is 1.68. The zero-order valence-corrected chi connectivity index (χ0v) is 13.8. The van der Waals surface area contributed by atoms with Gasteiger partial charge in [-0.15, -0.1) is 0 Å². The van der Waals surface area contributed by atoms with Crippen molar-refractivity contribution in [2.45, 2.75) is 6.92 Å². The molecule has 4 nitrogen and oxygen atoms in total. The second kappa shape index (κ2) is 7.49. The minimum Gasteiger partial charge on any atom is -0.326 e. The van der Waals surface area contributed by atoms with Gasteiger partial charge in [-0.1, -0.05) is 46.9 Å². The first kappa shape index (κ1) is 16.6. The molecular formula is C15H12Cl3N3O. The highest BCUT2D eigenvalue weighted by Crippen LogP contribution is 2.33. The van der Waals surface area contributed by atoms with Gasteiger partial charge in [0.25, 0.3) is 0 Å². The molecule has 0 saturated heterocycles. The van der Waals surface area contributed by atoms with Gasteiger partial charge in [-0.05, 0) is 29.8 Å². The molecule has 0 unspecified atom stereocenters. The van der Waals surface area contributed by atoms with E-state index in [0.717, 1.165) is 11.3 Å². The van der Waals surface area contributed by atoms with Crippen molar-refractivity contribution in [3.05, 3.63) is 57.0 Å². The zero-order valence-electron chi connectivity index (χ0n) is 11.5. The Bertz CT molecular complexity index is 691. The van der Waals surface area contributed by atoms with Crippen LogP contribution in [0.5, 0.6) is 0 Å². The maximum Gasteiger partial charge on any atom is 0.221 e. The Morgan fingerprint density at radius 1 is 1.09 bits per heavy atom. The summed E-state index contributed by atoms with van der Waals surface area (Å²) in [6, 6.07) is 10.4. The molecule has 0 saturated carbocycles. The van der Waals surface area contributed by atoms with Crippen LogP contribution in [0.15, 0.2) is 41.5 Å². The quantitative estimate of drug-likeness (QED) is 0.595. The van der Waals surface area contributed by atoms with Gasteiger partial charge in [0.1, 0.15) is 0 Å². The fraction of sp³-hybridized carbons (Fsp3) is 0.0667. The fourth-order valence-corrected chi connectivity index (χ4v) is 2.58. The lowest BCUT2D eigenvalue weighted by molar-refractivity contribution is -0.114. The number of anilines is 2. The third-order valence-corrected chi connectivity index (χ3v) is 3.44. The van der Waals surface area contributed by atoms with Crippen molar-refractivity contribution in [2.75, 3.05) is 10.7 Å². The van der Waals surface area contributed by atoms with Crippen molar-refractivity contribution in [1.82, 2.24) is 0 Å². The summed E-state index contributed by atoms with van der Waals surface area (Å²) < 4.78 is 0. The van der Waals surface area contributed by atoms with E-state index in [1.807, 2.05) is 12.1 Å². The van der Waals surface area contributed by atoms with Crippen LogP contribution >= 0.6 is 34.8 Å². The molecule has 2 N–H and O–H groups in total. The highest BCUT2D eigenvalue weighted by atomic mass is 35.5. The predicted molar refractivity (Wildman–Crippen MR) is 93.4 cm³/mol. The minimum atomic E-state index is -0.116. The first-order valence-electron chi connectivity index (χ1n) is 6.27. The Balaban J connectivity index is 2.05. The number of carbonyl (C=O) groups excluding carboxylic acids is 1. The SMILES string of the molecule is CC(=O)Nc1ccc(/C=N/Nc2c(Cl)cc(Cl)cc2Cl)cc1. The number of rotatable bonds is 4. The number of hydrazone groups is 1. The third kappa shape index (κ3) is 4.63. The predicted octanol–water partition coefficient (Wildman–Crippen LogP) is 5.05. The largest absolute Gasteiger partial charge is 0.326 e. The zero-order chi connectivity index (χ0) is 16.1. The van der Waals surface area contributed by atoms with Gasteiger partial charge in [-0.2, -0.15) is 5.10 Å². The Kier molecular flexibility index (Phi) is 5.66. The van der Waals surface area contributed by atoms with Crippen LogP contribution in [-0.2, 0) is 4.79 Å². The molecule has 0 aliphatic rings. The van der Waals surface area contributed by atoms with E-state index in [-0.39, 0.29) is 5.91 Å². The van der Waals surface area contributed by atoms with Crippen LogP contribution < -0.4 is 10.7 Å². The first-order chi connectivity index (χ1) is 10.5. The van der Waals surface area contributed by atoms with Crippen molar-refractivity contribution < 1.29 is 4.79 Å². The molecule has 0 atom stereocenters. The van der Waals surface area contributed by atoms with E-state index in [9.17, 15) is 4.79 Å². The van der Waals surface area contributed by atoms with Crippen molar-refractivity contribution in [3.63, 3.8) is 0 Å². The highest BCUT2D eigenvalue weighted by Gasteiger charge is 2.06. The Hall–Kier alpha value is -1.75. The summed E-state index contributed by atoms with van der Waals surface area (Å²) in [5.74, 6) is -0.116. The van der Waals surface area contributed by atoms with Crippen LogP contribution in [0.4, 0.5) is 11.4 Å². The van der Waals surface area contributed by atoms with E-state index in [2.05, 4.69) is 15.8 Å². The van der Waals surface area contributed by atoms with E-state index < -0.39 is 0 Å². The van der Waals surface area contributed by atoms with Crippen molar-refractivity contribution >= 4 is 58.3 Å². The molecule has 1 amide bonds. The molecule has 0 aromatic heterocycles. The average Bonchev–Trinajstić information content (AvgIpc) is 2.43. The van der Waals surface area contributed by atoms with Gasteiger partial charge in [0.15, 0.2) is 0 Å². The topological polar surface area (TPSA) is 53.5 Å². The molecule has 0 aliphatic carbocycles. The summed E-state index contributed by atoms with van der Waals surface area (Å²) in [4.78, 5) is 10.9. The summed E-state index contributed by atoms with van der Waals surface area (Å²) in [7, 11) is 0. The number of carbonyl (C=O) groups is 1. The van der Waals surface area contributed by atoms with Gasteiger partial charge in [-0.25, -0.2) is 0 Å². The van der Waals surface area contributed by atoms with Gasteiger partial charge in [0.05, 0.1) is 21.9 Å². The number of hydrogen-bond donors (Lipinski definition) is 2. The average molecular weight is 357 g/mol. The van der Waals surface area contributed by atoms with Crippen LogP contribution in [0.25, 0.3) is 0 Å². The molecule has 2 rings (SSSR count). The molecular weight excluding hydrogens is 345 g/mol. The van der Waals surface area contributed by atoms with E-state index in [1.54, 1.807) is 30.5 Å². The Labute approximate surface area is 143 Å². The van der Waals surface area contributed by atoms with Gasteiger partial charge >= 0.3 is 0 Å². The maximum atomic E-state index is 10.9. The van der Waals surface area contributed by atoms with Crippen LogP contribution in [0.2, 0.25) is 15.1 Å². The highest BCUT2D eigenvalue weighted by molar-refractivity contribution is 6.41. The lowest BCUT2D eigenvalue weighted by Crippen LogP contribution is -2.05. The smallest absolute Gasteiger partial charge is 0.221 e. The molecule has 22 heavy (non-hydrogen) atoms. The summed E-state index contributed by atoms with van der Waals surface area (Å²) in [5, 5.41) is 7.99. The number of nitrogens with one attached hydrogen (secondary N) is 2. The van der Waals surface area contributed by atoms with Gasteiger partial charge in [-0.3, -0.25) is 10.2 Å². The molecule has 7 heteroatoms. The molecule has 0 aliphatic heterocycles. The maximum absolute atomic E-state index is 10.9. The van der Waals surface area contributed by atoms with E-state index in [1.165, 1.54) is 6.92 Å². The van der Waals surface area contributed by atoms with Crippen LogP contribution in [0.3, 0.4) is 0 Å². The van der Waals surface area contributed by atoms with E-state index >= 15 is 0 Å². The molecule has 0 heterocycles. The van der Waals surface area contributed by atoms with Gasteiger partial charge < -0.3 is 5.32 Å². The van der Waals surface area contributed by atoms with Crippen LogP contribution in [-0.4, -0.2) is 12.1 Å². The lowest BCUT2D eigenvalue weighted by Gasteiger charge is -2.06. The van der Waals surface area contributed by atoms with E-state index in [4.69, 9.17) is 34.8 Å². The second-order valence-electron chi connectivity index (χ2n) is 4.42. The molecule has 0 fully saturated rings. The normalized spacial score (nSPS) is 10.7. The third-order valence-electron chi connectivity index (χ3n) is 2.63. The molecule has 0 spiro atoms. The van der Waals surface area contributed by atoms with Crippen molar-refractivity contribution in [1.29, 1.82) is 0 Å². The summed E-state index contributed by atoms with van der Waals surface area (Å²) in [6.45, 7) is 1.46. The monoisotopic (exact) mass is 355 g/mol. The van der Waals surface area contributed by atoms with Gasteiger partial charge in [0, 0.05) is 17.6 Å². The first-order valence-corrected chi connectivity index (χ1v) is 7.40. The summed E-state index contributed by atoms with van der Waals surface area (Å²) >= 11 is 17.9. The van der Waals surface area contributed by atoms with Crippen molar-refractivity contribution in [3.8, 4) is 0 Å². The molecule has 2 aromatic rings. The van der Waals surface area contributed by atoms with Crippen LogP contribution in [0, 0.1) is 0 Å². The lowest BCUT2D eigenvalue weighted by atomic mass is 10.2. The Morgan fingerprint density at radius 2 is 1.68 bits per heavy atom. The van der Waals surface area contributed by atoms with Gasteiger partial charge in [0.2, 0.25) is 5.91 Å².